The van der Waals surface area contributed by atoms with Crippen LogP contribution in [0.5, 0.6) is 0 Å². The van der Waals surface area contributed by atoms with E-state index in [0.717, 1.165) is 17.4 Å². The molecule has 0 saturated carbocycles. The molecule has 0 bridgehead atoms. The second kappa shape index (κ2) is 3.52. The number of Topliss-reactive ketones (excluding diaryl/α,β-unsaturated/α-hetero) is 1. The zero-order valence-electron chi connectivity index (χ0n) is 8.05. The van der Waals surface area contributed by atoms with Crippen LogP contribution in [0, 0.1) is 13.8 Å². The first-order valence-electron chi connectivity index (χ1n) is 4.13. The molecule has 68 valence electrons. The minimum atomic E-state index is 0.0312. The smallest absolute Gasteiger partial charge is 0.159 e. The Labute approximate surface area is 77.6 Å². The van der Waals surface area contributed by atoms with Crippen molar-refractivity contribution in [3.05, 3.63) is 34.4 Å². The Morgan fingerprint density at radius 3 is 2.00 bits per heavy atom. The van der Waals surface area contributed by atoms with Gasteiger partial charge in [-0.1, -0.05) is 0 Å². The molecular formula is C11H12O2. The van der Waals surface area contributed by atoms with Gasteiger partial charge in [-0.05, 0) is 44.0 Å². The van der Waals surface area contributed by atoms with Gasteiger partial charge in [0, 0.05) is 11.1 Å². The third-order valence-electron chi connectivity index (χ3n) is 2.12. The van der Waals surface area contributed by atoms with Gasteiger partial charge in [0.1, 0.15) is 0 Å². The number of benzene rings is 1. The van der Waals surface area contributed by atoms with Gasteiger partial charge in [0.15, 0.2) is 12.1 Å². The predicted octanol–water partition coefficient (Wildman–Crippen LogP) is 2.32. The topological polar surface area (TPSA) is 34.1 Å². The Morgan fingerprint density at radius 2 is 1.69 bits per heavy atom. The Bertz CT molecular complexity index is 341. The second-order valence-corrected chi connectivity index (χ2v) is 3.20. The fraction of sp³-hybridized carbons (Fsp3) is 0.273. The summed E-state index contributed by atoms with van der Waals surface area (Å²) < 4.78 is 0. The monoisotopic (exact) mass is 176 g/mol. The van der Waals surface area contributed by atoms with Crippen LogP contribution in [-0.4, -0.2) is 12.1 Å². The molecule has 2 heteroatoms. The summed E-state index contributed by atoms with van der Waals surface area (Å²) in [7, 11) is 0. The van der Waals surface area contributed by atoms with Crippen LogP contribution in [0.3, 0.4) is 0 Å². The molecular weight excluding hydrogens is 164 g/mol. The van der Waals surface area contributed by atoms with E-state index in [1.165, 1.54) is 6.92 Å². The average molecular weight is 176 g/mol. The maximum absolute atomic E-state index is 11.1. The molecule has 0 aliphatic rings. The predicted molar refractivity (Wildman–Crippen MR) is 51.3 cm³/mol. The molecule has 1 aromatic rings. The number of hydrogen-bond acceptors (Lipinski definition) is 2. The molecule has 0 atom stereocenters. The molecule has 1 rings (SSSR count). The number of aldehydes is 1. The van der Waals surface area contributed by atoms with E-state index in [1.807, 2.05) is 13.8 Å². The minimum absolute atomic E-state index is 0.0312. The number of rotatable bonds is 2. The van der Waals surface area contributed by atoms with Crippen molar-refractivity contribution in [2.45, 2.75) is 20.8 Å². The van der Waals surface area contributed by atoms with Crippen molar-refractivity contribution in [3.8, 4) is 0 Å². The lowest BCUT2D eigenvalue weighted by Crippen LogP contribution is -1.98. The first kappa shape index (κ1) is 9.65. The van der Waals surface area contributed by atoms with E-state index < -0.39 is 0 Å². The van der Waals surface area contributed by atoms with E-state index in [4.69, 9.17) is 0 Å². The summed E-state index contributed by atoms with van der Waals surface area (Å²) >= 11 is 0. The summed E-state index contributed by atoms with van der Waals surface area (Å²) in [4.78, 5) is 21.7. The summed E-state index contributed by atoms with van der Waals surface area (Å²) in [5, 5.41) is 0. The molecule has 0 aliphatic carbocycles. The summed E-state index contributed by atoms with van der Waals surface area (Å²) in [6.07, 6.45) is 0.828. The Balaban J connectivity index is 3.36. The zero-order chi connectivity index (χ0) is 10.0. The molecule has 2 nitrogen and oxygen atoms in total. The molecule has 0 radical (unpaired) electrons. The van der Waals surface area contributed by atoms with Gasteiger partial charge in [0.05, 0.1) is 0 Å². The first-order valence-corrected chi connectivity index (χ1v) is 4.13. The molecule has 0 spiro atoms. The van der Waals surface area contributed by atoms with Gasteiger partial charge in [-0.15, -0.1) is 0 Å². The summed E-state index contributed by atoms with van der Waals surface area (Å²) in [6, 6.07) is 3.50. The highest BCUT2D eigenvalue weighted by atomic mass is 16.1. The Hall–Kier alpha value is -1.44. The number of hydrogen-bond donors (Lipinski definition) is 0. The fourth-order valence-corrected chi connectivity index (χ4v) is 1.36. The van der Waals surface area contributed by atoms with Gasteiger partial charge in [-0.2, -0.15) is 0 Å². The molecule has 0 saturated heterocycles. The van der Waals surface area contributed by atoms with Crippen LogP contribution in [0.4, 0.5) is 0 Å². The van der Waals surface area contributed by atoms with Crippen LogP contribution in [0.15, 0.2) is 12.1 Å². The van der Waals surface area contributed by atoms with E-state index >= 15 is 0 Å². The van der Waals surface area contributed by atoms with E-state index in [0.29, 0.717) is 11.1 Å². The van der Waals surface area contributed by atoms with Crippen molar-refractivity contribution < 1.29 is 9.59 Å². The van der Waals surface area contributed by atoms with Crippen molar-refractivity contribution in [2.24, 2.45) is 0 Å². The fourth-order valence-electron chi connectivity index (χ4n) is 1.36. The van der Waals surface area contributed by atoms with Gasteiger partial charge in [0.2, 0.25) is 0 Å². The lowest BCUT2D eigenvalue weighted by atomic mass is 9.99. The van der Waals surface area contributed by atoms with Crippen LogP contribution in [-0.2, 0) is 0 Å². The van der Waals surface area contributed by atoms with Gasteiger partial charge >= 0.3 is 0 Å². The van der Waals surface area contributed by atoms with Crippen molar-refractivity contribution in [3.63, 3.8) is 0 Å². The van der Waals surface area contributed by atoms with E-state index in [2.05, 4.69) is 0 Å². The standard InChI is InChI=1S/C11H12O2/c1-7-4-10(9(3)13)5-8(2)11(7)6-12/h4-6H,1-3H3. The lowest BCUT2D eigenvalue weighted by Gasteiger charge is -2.05. The maximum Gasteiger partial charge on any atom is 0.159 e. The SMILES string of the molecule is CC(=O)c1cc(C)c(C=O)c(C)c1. The highest BCUT2D eigenvalue weighted by Gasteiger charge is 2.06. The highest BCUT2D eigenvalue weighted by molar-refractivity contribution is 5.95. The summed E-state index contributed by atoms with van der Waals surface area (Å²) in [5.41, 5.74) is 3.08. The molecule has 13 heavy (non-hydrogen) atoms. The van der Waals surface area contributed by atoms with Gasteiger partial charge in [-0.25, -0.2) is 0 Å². The molecule has 0 aromatic heterocycles. The van der Waals surface area contributed by atoms with Crippen molar-refractivity contribution in [2.75, 3.05) is 0 Å². The molecule has 0 fully saturated rings. The number of ketones is 1. The van der Waals surface area contributed by atoms with Crippen LogP contribution >= 0.6 is 0 Å². The lowest BCUT2D eigenvalue weighted by molar-refractivity contribution is 0.101. The van der Waals surface area contributed by atoms with Crippen LogP contribution in [0.25, 0.3) is 0 Å². The van der Waals surface area contributed by atoms with Crippen LogP contribution in [0.1, 0.15) is 38.8 Å². The number of carbonyl (C=O) groups is 2. The van der Waals surface area contributed by atoms with Crippen LogP contribution in [0.2, 0.25) is 0 Å². The molecule has 0 unspecified atom stereocenters. The maximum atomic E-state index is 11.1. The normalized spacial score (nSPS) is 9.77. The number of carbonyl (C=O) groups excluding carboxylic acids is 2. The number of aryl methyl sites for hydroxylation is 2. The van der Waals surface area contributed by atoms with Crippen molar-refractivity contribution >= 4 is 12.1 Å². The van der Waals surface area contributed by atoms with Gasteiger partial charge in [-0.3, -0.25) is 9.59 Å². The van der Waals surface area contributed by atoms with E-state index in [-0.39, 0.29) is 5.78 Å². The third-order valence-corrected chi connectivity index (χ3v) is 2.12. The molecule has 0 N–H and O–H groups in total. The molecule has 0 heterocycles. The summed E-state index contributed by atoms with van der Waals surface area (Å²) in [6.45, 7) is 5.20. The van der Waals surface area contributed by atoms with E-state index in [1.54, 1.807) is 12.1 Å². The molecule has 0 amide bonds. The third kappa shape index (κ3) is 1.83. The average Bonchev–Trinajstić information content (AvgIpc) is 2.03. The summed E-state index contributed by atoms with van der Waals surface area (Å²) in [5.74, 6) is 0.0312. The van der Waals surface area contributed by atoms with Gasteiger partial charge < -0.3 is 0 Å². The second-order valence-electron chi connectivity index (χ2n) is 3.20. The van der Waals surface area contributed by atoms with E-state index in [9.17, 15) is 9.59 Å². The Morgan fingerprint density at radius 1 is 1.23 bits per heavy atom. The van der Waals surface area contributed by atoms with Gasteiger partial charge in [0.25, 0.3) is 0 Å². The first-order chi connectivity index (χ1) is 6.06. The largest absolute Gasteiger partial charge is 0.298 e. The van der Waals surface area contributed by atoms with Crippen molar-refractivity contribution in [1.29, 1.82) is 0 Å². The molecule has 1 aromatic carbocycles. The van der Waals surface area contributed by atoms with Crippen LogP contribution < -0.4 is 0 Å². The minimum Gasteiger partial charge on any atom is -0.298 e. The molecule has 0 aliphatic heterocycles. The zero-order valence-corrected chi connectivity index (χ0v) is 8.05. The Kier molecular flexibility index (Phi) is 2.61. The van der Waals surface area contributed by atoms with Crippen molar-refractivity contribution in [1.82, 2.24) is 0 Å². The quantitative estimate of drug-likeness (QED) is 0.512. The highest BCUT2D eigenvalue weighted by Crippen LogP contribution is 2.14.